The molecule has 6 heteroatoms. The number of benzene rings is 3. The van der Waals surface area contributed by atoms with Crippen LogP contribution in [0, 0.1) is 20.8 Å². The Morgan fingerprint density at radius 3 is 2.45 bits per heavy atom. The Kier molecular flexibility index (Phi) is 6.75. The van der Waals surface area contributed by atoms with E-state index in [-0.39, 0.29) is 11.9 Å². The first-order valence-corrected chi connectivity index (χ1v) is 12.0. The molecule has 0 saturated carbocycles. The van der Waals surface area contributed by atoms with Crippen LogP contribution in [0.2, 0.25) is 0 Å². The predicted octanol–water partition coefficient (Wildman–Crippen LogP) is 6.11. The fourth-order valence-electron chi connectivity index (χ4n) is 4.33. The molecule has 0 radical (unpaired) electrons. The van der Waals surface area contributed by atoms with Crippen LogP contribution in [0.1, 0.15) is 39.0 Å². The highest BCUT2D eigenvalue weighted by Gasteiger charge is 2.24. The van der Waals surface area contributed by atoms with Crippen LogP contribution >= 0.6 is 11.8 Å². The van der Waals surface area contributed by atoms with E-state index in [1.54, 1.807) is 23.7 Å². The number of urea groups is 1. The number of aryl methyl sites for hydroxylation is 3. The predicted molar refractivity (Wildman–Crippen MR) is 136 cm³/mol. The first kappa shape index (κ1) is 22.9. The SMILES string of the molecule is Cc1cc(C)c(CCCNC(=O)Nc2ccc3c(c2)N(C)C(=O)c2ccccc2S3)c(C)c1. The minimum atomic E-state index is -0.245. The van der Waals surface area contributed by atoms with Gasteiger partial charge in [-0.3, -0.25) is 4.79 Å². The molecule has 3 aromatic rings. The maximum Gasteiger partial charge on any atom is 0.319 e. The minimum absolute atomic E-state index is 0.0554. The van der Waals surface area contributed by atoms with E-state index in [0.29, 0.717) is 17.8 Å². The Labute approximate surface area is 199 Å². The lowest BCUT2D eigenvalue weighted by molar-refractivity contribution is 0.0990. The van der Waals surface area contributed by atoms with Crippen molar-refractivity contribution >= 4 is 35.1 Å². The summed E-state index contributed by atoms with van der Waals surface area (Å²) >= 11 is 1.57. The normalized spacial score (nSPS) is 12.6. The van der Waals surface area contributed by atoms with E-state index in [0.717, 1.165) is 28.3 Å². The van der Waals surface area contributed by atoms with Crippen LogP contribution in [0.25, 0.3) is 0 Å². The summed E-state index contributed by atoms with van der Waals surface area (Å²) in [6, 6.07) is 17.5. The molecule has 1 heterocycles. The molecule has 0 aliphatic carbocycles. The second kappa shape index (κ2) is 9.71. The average molecular weight is 460 g/mol. The molecule has 0 saturated heterocycles. The smallest absolute Gasteiger partial charge is 0.319 e. The molecule has 0 unspecified atom stereocenters. The first-order valence-electron chi connectivity index (χ1n) is 11.1. The quantitative estimate of drug-likeness (QED) is 0.453. The molecule has 0 fully saturated rings. The Bertz CT molecular complexity index is 1200. The third kappa shape index (κ3) is 5.06. The van der Waals surface area contributed by atoms with Gasteiger partial charge in [0, 0.05) is 29.1 Å². The van der Waals surface area contributed by atoms with Crippen LogP contribution < -0.4 is 15.5 Å². The molecule has 4 rings (SSSR count). The maximum absolute atomic E-state index is 12.9. The van der Waals surface area contributed by atoms with E-state index in [1.807, 2.05) is 42.5 Å². The van der Waals surface area contributed by atoms with Crippen LogP contribution in [-0.4, -0.2) is 25.5 Å². The second-order valence-electron chi connectivity index (χ2n) is 8.51. The Balaban J connectivity index is 1.37. The lowest BCUT2D eigenvalue weighted by Crippen LogP contribution is -2.30. The summed E-state index contributed by atoms with van der Waals surface area (Å²) in [6.07, 6.45) is 1.80. The van der Waals surface area contributed by atoms with Gasteiger partial charge in [0.2, 0.25) is 0 Å². The molecule has 0 spiro atoms. The summed E-state index contributed by atoms with van der Waals surface area (Å²) in [5.74, 6) is -0.0554. The number of nitrogens with zero attached hydrogens (tertiary/aromatic N) is 1. The summed E-state index contributed by atoms with van der Waals surface area (Å²) in [4.78, 5) is 28.9. The number of fused-ring (bicyclic) bond motifs is 2. The third-order valence-corrected chi connectivity index (χ3v) is 7.09. The highest BCUT2D eigenvalue weighted by atomic mass is 32.2. The van der Waals surface area contributed by atoms with Crippen LogP contribution in [0.15, 0.2) is 64.4 Å². The molecule has 170 valence electrons. The first-order chi connectivity index (χ1) is 15.8. The Morgan fingerprint density at radius 1 is 0.970 bits per heavy atom. The van der Waals surface area contributed by atoms with Crippen LogP contribution in [0.3, 0.4) is 0 Å². The minimum Gasteiger partial charge on any atom is -0.338 e. The van der Waals surface area contributed by atoms with E-state index >= 15 is 0 Å². The van der Waals surface area contributed by atoms with E-state index in [9.17, 15) is 9.59 Å². The monoisotopic (exact) mass is 459 g/mol. The average Bonchev–Trinajstić information content (AvgIpc) is 2.87. The summed E-state index contributed by atoms with van der Waals surface area (Å²) in [7, 11) is 1.77. The van der Waals surface area contributed by atoms with Crippen molar-refractivity contribution in [3.63, 3.8) is 0 Å². The zero-order valence-corrected chi connectivity index (χ0v) is 20.3. The summed E-state index contributed by atoms with van der Waals surface area (Å²) in [6.45, 7) is 7.00. The van der Waals surface area contributed by atoms with Gasteiger partial charge in [-0.15, -0.1) is 0 Å². The van der Waals surface area contributed by atoms with Gasteiger partial charge in [0.1, 0.15) is 0 Å². The number of hydrogen-bond acceptors (Lipinski definition) is 3. The fourth-order valence-corrected chi connectivity index (χ4v) is 5.42. The number of anilines is 2. The summed E-state index contributed by atoms with van der Waals surface area (Å²) in [5, 5.41) is 5.84. The van der Waals surface area contributed by atoms with Gasteiger partial charge in [0.05, 0.1) is 11.3 Å². The molecule has 1 aliphatic rings. The number of carbonyl (C=O) groups is 2. The molecule has 33 heavy (non-hydrogen) atoms. The standard InChI is InChI=1S/C27H29N3O2S/c1-17-14-18(2)21(19(3)15-17)9-7-13-28-27(32)29-20-11-12-25-23(16-20)30(4)26(31)22-8-5-6-10-24(22)33-25/h5-6,8,10-12,14-16H,7,9,13H2,1-4H3,(H2,28,29,32). The number of carbonyl (C=O) groups excluding carboxylic acids is 2. The van der Waals surface area contributed by atoms with Crippen molar-refractivity contribution in [3.05, 3.63) is 82.4 Å². The largest absolute Gasteiger partial charge is 0.338 e. The van der Waals surface area contributed by atoms with Crippen LogP contribution in [-0.2, 0) is 6.42 Å². The highest BCUT2D eigenvalue weighted by molar-refractivity contribution is 7.99. The molecule has 2 N–H and O–H groups in total. The molecule has 5 nitrogen and oxygen atoms in total. The van der Waals surface area contributed by atoms with Crippen molar-refractivity contribution < 1.29 is 9.59 Å². The van der Waals surface area contributed by atoms with E-state index in [1.165, 1.54) is 22.3 Å². The number of rotatable bonds is 5. The lowest BCUT2D eigenvalue weighted by atomic mass is 9.96. The number of hydrogen-bond donors (Lipinski definition) is 2. The van der Waals surface area contributed by atoms with Crippen molar-refractivity contribution in [2.24, 2.45) is 0 Å². The molecule has 1 aliphatic heterocycles. The number of nitrogens with one attached hydrogen (secondary N) is 2. The summed E-state index contributed by atoms with van der Waals surface area (Å²) in [5.41, 5.74) is 7.38. The van der Waals surface area contributed by atoms with Crippen LogP contribution in [0.5, 0.6) is 0 Å². The molecule has 0 bridgehead atoms. The highest BCUT2D eigenvalue weighted by Crippen LogP contribution is 2.41. The molecule has 3 aromatic carbocycles. The van der Waals surface area contributed by atoms with E-state index in [4.69, 9.17) is 0 Å². The van der Waals surface area contributed by atoms with Gasteiger partial charge in [-0.1, -0.05) is 41.6 Å². The van der Waals surface area contributed by atoms with E-state index in [2.05, 4.69) is 43.5 Å². The van der Waals surface area contributed by atoms with Gasteiger partial charge in [0.15, 0.2) is 0 Å². The molecular weight excluding hydrogens is 430 g/mol. The second-order valence-corrected chi connectivity index (χ2v) is 9.59. The maximum atomic E-state index is 12.9. The summed E-state index contributed by atoms with van der Waals surface area (Å²) < 4.78 is 0. The van der Waals surface area contributed by atoms with Crippen molar-refractivity contribution in [2.45, 2.75) is 43.4 Å². The fraction of sp³-hybridized carbons (Fsp3) is 0.259. The lowest BCUT2D eigenvalue weighted by Gasteiger charge is -2.18. The zero-order chi connectivity index (χ0) is 23.5. The Morgan fingerprint density at radius 2 is 1.70 bits per heavy atom. The molecular formula is C27H29N3O2S. The van der Waals surface area contributed by atoms with Gasteiger partial charge in [0.25, 0.3) is 5.91 Å². The van der Waals surface area contributed by atoms with Gasteiger partial charge in [-0.05, 0) is 80.6 Å². The van der Waals surface area contributed by atoms with E-state index < -0.39 is 0 Å². The molecule has 0 aromatic heterocycles. The van der Waals surface area contributed by atoms with Crippen molar-refractivity contribution in [3.8, 4) is 0 Å². The van der Waals surface area contributed by atoms with Gasteiger partial charge < -0.3 is 15.5 Å². The molecule has 3 amide bonds. The Hall–Kier alpha value is -3.25. The zero-order valence-electron chi connectivity index (χ0n) is 19.5. The third-order valence-electron chi connectivity index (χ3n) is 5.95. The topological polar surface area (TPSA) is 61.4 Å². The van der Waals surface area contributed by atoms with Crippen molar-refractivity contribution in [2.75, 3.05) is 23.8 Å². The number of amides is 3. The van der Waals surface area contributed by atoms with Gasteiger partial charge >= 0.3 is 6.03 Å². The van der Waals surface area contributed by atoms with Gasteiger partial charge in [-0.25, -0.2) is 4.79 Å². The molecule has 0 atom stereocenters. The van der Waals surface area contributed by atoms with Crippen LogP contribution in [0.4, 0.5) is 16.2 Å². The van der Waals surface area contributed by atoms with Crippen molar-refractivity contribution in [1.82, 2.24) is 5.32 Å². The van der Waals surface area contributed by atoms with Gasteiger partial charge in [-0.2, -0.15) is 0 Å². The van der Waals surface area contributed by atoms with Crippen molar-refractivity contribution in [1.29, 1.82) is 0 Å².